The van der Waals surface area contributed by atoms with E-state index in [2.05, 4.69) is 19.7 Å². The highest BCUT2D eigenvalue weighted by molar-refractivity contribution is 6.30. The summed E-state index contributed by atoms with van der Waals surface area (Å²) in [4.78, 5) is 43.1. The quantitative estimate of drug-likeness (QED) is 0.320. The van der Waals surface area contributed by atoms with Crippen molar-refractivity contribution in [3.63, 3.8) is 0 Å². The fourth-order valence-corrected chi connectivity index (χ4v) is 2.71. The zero-order chi connectivity index (χ0) is 20.4. The van der Waals surface area contributed by atoms with E-state index in [0.717, 1.165) is 0 Å². The number of nitrogens with one attached hydrogen (secondary N) is 1. The lowest BCUT2D eigenvalue weighted by molar-refractivity contribution is -0.137. The van der Waals surface area contributed by atoms with Gasteiger partial charge in [-0.1, -0.05) is 23.2 Å². The van der Waals surface area contributed by atoms with Gasteiger partial charge < -0.3 is 14.8 Å². The average Bonchev–Trinajstić information content (AvgIpc) is 2.64. The van der Waals surface area contributed by atoms with Crippen molar-refractivity contribution >= 4 is 46.0 Å². The van der Waals surface area contributed by atoms with Crippen LogP contribution in [0.15, 0.2) is 29.3 Å². The van der Waals surface area contributed by atoms with Gasteiger partial charge in [0.2, 0.25) is 0 Å². The largest absolute Gasteiger partial charge is 0.506 e. The van der Waals surface area contributed by atoms with E-state index in [9.17, 15) is 19.5 Å². The number of rotatable bonds is 0. The summed E-state index contributed by atoms with van der Waals surface area (Å²) >= 11 is 11.2. The van der Waals surface area contributed by atoms with Crippen molar-refractivity contribution in [2.75, 3.05) is 0 Å². The second-order valence-electron chi connectivity index (χ2n) is 5.44. The summed E-state index contributed by atoms with van der Waals surface area (Å²) in [7, 11) is 0. The third kappa shape index (κ3) is 3.78. The molecule has 3 aromatic heterocycles. The molecule has 0 radical (unpaired) electrons. The van der Waals surface area contributed by atoms with E-state index in [-0.39, 0.29) is 28.0 Å². The van der Waals surface area contributed by atoms with Gasteiger partial charge in [-0.3, -0.25) is 9.59 Å². The lowest BCUT2D eigenvalue weighted by atomic mass is 10.1. The molecule has 1 aliphatic heterocycles. The molecule has 28 heavy (non-hydrogen) atoms. The standard InChI is InChI=1S/C9H4ClN3O2.C8H4ClNO3/c10-7-1-4-6(3-12-7)13-9(15)5(2-11)8(4)14;9-6-2-5-4(3-10-6)1-7(11)13-8(5)12/h1,3H,(H2,13,14,15);2-3H,1H2. The molecular weight excluding hydrogens is 411 g/mol. The molecule has 0 saturated carbocycles. The van der Waals surface area contributed by atoms with Gasteiger partial charge in [0.05, 0.1) is 23.7 Å². The predicted molar refractivity (Wildman–Crippen MR) is 97.1 cm³/mol. The van der Waals surface area contributed by atoms with Crippen molar-refractivity contribution in [2.45, 2.75) is 6.42 Å². The Balaban J connectivity index is 0.000000162. The summed E-state index contributed by atoms with van der Waals surface area (Å²) in [5.74, 6) is -1.59. The molecule has 0 atom stereocenters. The zero-order valence-corrected chi connectivity index (χ0v) is 15.2. The Bertz CT molecular complexity index is 1230. The molecule has 11 heteroatoms. The first-order chi connectivity index (χ1) is 13.3. The molecule has 140 valence electrons. The molecule has 4 heterocycles. The lowest BCUT2D eigenvalue weighted by Gasteiger charge is -2.12. The SMILES string of the molecule is N#Cc1c(O)c2cc(Cl)ncc2[nH]c1=O.O=C1Cc2cnc(Cl)cc2C(=O)O1. The Hall–Kier alpha value is -3.48. The molecule has 0 aliphatic carbocycles. The molecule has 0 unspecified atom stereocenters. The summed E-state index contributed by atoms with van der Waals surface area (Å²) in [5, 5.41) is 19.0. The number of fused-ring (bicyclic) bond motifs is 2. The molecule has 0 saturated heterocycles. The summed E-state index contributed by atoms with van der Waals surface area (Å²) in [5.41, 5.74) is 0.238. The van der Waals surface area contributed by atoms with Crippen LogP contribution in [0.3, 0.4) is 0 Å². The van der Waals surface area contributed by atoms with Crippen molar-refractivity contribution < 1.29 is 19.4 Å². The maximum Gasteiger partial charge on any atom is 0.346 e. The van der Waals surface area contributed by atoms with E-state index in [1.165, 1.54) is 24.5 Å². The molecule has 1 aliphatic rings. The number of halogens is 2. The number of nitrogens with zero attached hydrogens (tertiary/aromatic N) is 3. The molecule has 0 spiro atoms. The van der Waals surface area contributed by atoms with Gasteiger partial charge in [-0.05, 0) is 17.7 Å². The van der Waals surface area contributed by atoms with E-state index < -0.39 is 17.5 Å². The van der Waals surface area contributed by atoms with E-state index in [1.54, 1.807) is 6.07 Å². The molecule has 9 nitrogen and oxygen atoms in total. The van der Waals surface area contributed by atoms with Gasteiger partial charge in [-0.25, -0.2) is 14.8 Å². The minimum atomic E-state index is -0.657. The summed E-state index contributed by atoms with van der Waals surface area (Å²) < 4.78 is 4.40. The van der Waals surface area contributed by atoms with Crippen LogP contribution < -0.4 is 5.56 Å². The minimum Gasteiger partial charge on any atom is -0.506 e. The Labute approximate surface area is 166 Å². The summed E-state index contributed by atoms with van der Waals surface area (Å²) in [6.45, 7) is 0. The molecule has 2 N–H and O–H groups in total. The lowest BCUT2D eigenvalue weighted by Crippen LogP contribution is -2.22. The highest BCUT2D eigenvalue weighted by Gasteiger charge is 2.25. The second kappa shape index (κ2) is 7.64. The van der Waals surface area contributed by atoms with E-state index in [4.69, 9.17) is 28.5 Å². The van der Waals surface area contributed by atoms with Crippen LogP contribution in [-0.2, 0) is 16.0 Å². The number of carbonyl (C=O) groups excluding carboxylic acids is 2. The second-order valence-corrected chi connectivity index (χ2v) is 6.22. The Morgan fingerprint density at radius 1 is 1.14 bits per heavy atom. The first-order valence-corrected chi connectivity index (χ1v) is 8.25. The summed E-state index contributed by atoms with van der Waals surface area (Å²) in [6, 6.07) is 4.39. The number of aromatic hydroxyl groups is 1. The number of esters is 2. The number of H-pyrrole nitrogens is 1. The number of hydrogen-bond acceptors (Lipinski definition) is 8. The maximum atomic E-state index is 11.3. The highest BCUT2D eigenvalue weighted by atomic mass is 35.5. The van der Waals surface area contributed by atoms with Gasteiger partial charge >= 0.3 is 11.9 Å². The minimum absolute atomic E-state index is 0.0746. The van der Waals surface area contributed by atoms with Crippen molar-refractivity contribution in [3.8, 4) is 11.8 Å². The number of nitriles is 1. The van der Waals surface area contributed by atoms with Crippen molar-refractivity contribution in [2.24, 2.45) is 0 Å². The van der Waals surface area contributed by atoms with Crippen LogP contribution in [0, 0.1) is 11.3 Å². The number of carbonyl (C=O) groups is 2. The van der Waals surface area contributed by atoms with Gasteiger partial charge in [0, 0.05) is 11.6 Å². The van der Waals surface area contributed by atoms with Gasteiger partial charge in [0.25, 0.3) is 5.56 Å². The van der Waals surface area contributed by atoms with Crippen molar-refractivity contribution in [1.29, 1.82) is 5.26 Å². The van der Waals surface area contributed by atoms with E-state index in [1.807, 2.05) is 0 Å². The van der Waals surface area contributed by atoms with Crippen LogP contribution in [0.25, 0.3) is 10.9 Å². The van der Waals surface area contributed by atoms with Crippen LogP contribution in [-0.4, -0.2) is 32.0 Å². The topological polar surface area (TPSA) is 146 Å². The number of hydrogen-bond donors (Lipinski definition) is 2. The number of cyclic esters (lactones) is 2. The van der Waals surface area contributed by atoms with Gasteiger partial charge in [-0.15, -0.1) is 0 Å². The van der Waals surface area contributed by atoms with Gasteiger partial charge in [-0.2, -0.15) is 5.26 Å². The van der Waals surface area contributed by atoms with Gasteiger partial charge in [0.15, 0.2) is 5.56 Å². The average molecular weight is 419 g/mol. The molecule has 0 amide bonds. The number of ether oxygens (including phenoxy) is 1. The summed E-state index contributed by atoms with van der Waals surface area (Å²) in [6.07, 6.45) is 2.81. The molecule has 0 fully saturated rings. The zero-order valence-electron chi connectivity index (χ0n) is 13.7. The fraction of sp³-hybridized carbons (Fsp3) is 0.0588. The Morgan fingerprint density at radius 3 is 2.54 bits per heavy atom. The van der Waals surface area contributed by atoms with Crippen LogP contribution in [0.4, 0.5) is 0 Å². The first-order valence-electron chi connectivity index (χ1n) is 7.50. The molecule has 0 aromatic carbocycles. The number of pyridine rings is 3. The highest BCUT2D eigenvalue weighted by Crippen LogP contribution is 2.25. The molecule has 4 rings (SSSR count). The van der Waals surface area contributed by atoms with Gasteiger partial charge in [0.1, 0.15) is 22.1 Å². The molecule has 3 aromatic rings. The van der Waals surface area contributed by atoms with Crippen LogP contribution >= 0.6 is 23.2 Å². The Morgan fingerprint density at radius 2 is 1.82 bits per heavy atom. The van der Waals surface area contributed by atoms with Crippen LogP contribution in [0.1, 0.15) is 21.5 Å². The maximum absolute atomic E-state index is 11.3. The Kier molecular flexibility index (Phi) is 5.26. The normalized spacial score (nSPS) is 12.5. The fourth-order valence-electron chi connectivity index (χ4n) is 2.40. The molecule has 0 bridgehead atoms. The third-order valence-corrected chi connectivity index (χ3v) is 4.08. The van der Waals surface area contributed by atoms with E-state index >= 15 is 0 Å². The van der Waals surface area contributed by atoms with Crippen molar-refractivity contribution in [1.82, 2.24) is 15.0 Å². The first kappa shape index (κ1) is 19.3. The third-order valence-electron chi connectivity index (χ3n) is 3.66. The van der Waals surface area contributed by atoms with E-state index in [0.29, 0.717) is 22.0 Å². The van der Waals surface area contributed by atoms with Crippen LogP contribution in [0.2, 0.25) is 10.3 Å². The monoisotopic (exact) mass is 418 g/mol. The van der Waals surface area contributed by atoms with Crippen LogP contribution in [0.5, 0.6) is 5.75 Å². The van der Waals surface area contributed by atoms with Crippen molar-refractivity contribution in [3.05, 3.63) is 61.9 Å². The number of aromatic nitrogens is 3. The molecular formula is C17H8Cl2N4O5. The smallest absolute Gasteiger partial charge is 0.346 e. The predicted octanol–water partition coefficient (Wildman–Crippen LogP) is 2.13. The number of aromatic amines is 1.